The van der Waals surface area contributed by atoms with Crippen molar-refractivity contribution in [3.05, 3.63) is 94.1 Å². The van der Waals surface area contributed by atoms with E-state index in [1.807, 2.05) is 49.4 Å². The molecule has 6 heteroatoms. The predicted molar refractivity (Wildman–Crippen MR) is 116 cm³/mol. The molecule has 0 unspecified atom stereocenters. The number of carbonyl (C=O) groups is 1. The summed E-state index contributed by atoms with van der Waals surface area (Å²) >= 11 is 12.4. The van der Waals surface area contributed by atoms with Gasteiger partial charge in [-0.05, 0) is 54.4 Å². The van der Waals surface area contributed by atoms with Crippen LogP contribution in [0.3, 0.4) is 0 Å². The minimum atomic E-state index is -1.12. The van der Waals surface area contributed by atoms with Gasteiger partial charge in [0.15, 0.2) is 5.69 Å². The maximum Gasteiger partial charge on any atom is 0.357 e. The molecule has 0 aliphatic heterocycles. The zero-order valence-electron chi connectivity index (χ0n) is 15.4. The molecule has 0 spiro atoms. The average Bonchev–Trinajstić information content (AvgIpc) is 3.09. The van der Waals surface area contributed by atoms with E-state index >= 15 is 0 Å². The minimum Gasteiger partial charge on any atom is -0.476 e. The van der Waals surface area contributed by atoms with Crippen molar-refractivity contribution in [2.75, 3.05) is 0 Å². The van der Waals surface area contributed by atoms with Gasteiger partial charge in [-0.3, -0.25) is 0 Å². The van der Waals surface area contributed by atoms with Gasteiger partial charge in [0.2, 0.25) is 0 Å². The van der Waals surface area contributed by atoms with E-state index in [-0.39, 0.29) is 5.69 Å². The quantitative estimate of drug-likeness (QED) is 0.407. The number of hydrogen-bond acceptors (Lipinski definition) is 2. The second-order valence-corrected chi connectivity index (χ2v) is 7.52. The standard InChI is InChI=1S/C23H16Cl2N2O2/c1-14-5-2-10-19(11-14)27-22(16-7-4-9-18(25)13-16)20(21(26-27)23(28)29)15-6-3-8-17(24)12-15/h2-13H,1H3,(H,28,29). The van der Waals surface area contributed by atoms with Crippen molar-refractivity contribution < 1.29 is 9.90 Å². The second-order valence-electron chi connectivity index (χ2n) is 6.65. The maximum absolute atomic E-state index is 12.1. The first kappa shape index (κ1) is 19.2. The number of carboxylic acids is 1. The van der Waals surface area contributed by atoms with Gasteiger partial charge in [0.05, 0.1) is 11.4 Å². The predicted octanol–water partition coefficient (Wildman–Crippen LogP) is 6.52. The van der Waals surface area contributed by atoms with Crippen LogP contribution in [0.4, 0.5) is 0 Å². The van der Waals surface area contributed by atoms with Crippen LogP contribution in [0.25, 0.3) is 28.1 Å². The first-order chi connectivity index (χ1) is 13.9. The van der Waals surface area contributed by atoms with Gasteiger partial charge in [-0.25, -0.2) is 9.48 Å². The topological polar surface area (TPSA) is 55.1 Å². The minimum absolute atomic E-state index is 0.0521. The van der Waals surface area contributed by atoms with E-state index in [1.54, 1.807) is 35.0 Å². The van der Waals surface area contributed by atoms with Crippen LogP contribution in [-0.2, 0) is 0 Å². The second kappa shape index (κ2) is 7.74. The normalized spacial score (nSPS) is 10.9. The van der Waals surface area contributed by atoms with Crippen molar-refractivity contribution in [1.82, 2.24) is 9.78 Å². The zero-order valence-corrected chi connectivity index (χ0v) is 16.9. The third kappa shape index (κ3) is 3.77. The smallest absolute Gasteiger partial charge is 0.357 e. The average molecular weight is 423 g/mol. The van der Waals surface area contributed by atoms with Crippen molar-refractivity contribution in [2.24, 2.45) is 0 Å². The molecule has 0 saturated heterocycles. The summed E-state index contributed by atoms with van der Waals surface area (Å²) in [6, 6.07) is 22.1. The van der Waals surface area contributed by atoms with Gasteiger partial charge in [0, 0.05) is 21.2 Å². The number of rotatable bonds is 4. The van der Waals surface area contributed by atoms with Gasteiger partial charge in [0.1, 0.15) is 0 Å². The first-order valence-electron chi connectivity index (χ1n) is 8.89. The Kier molecular flexibility index (Phi) is 5.14. The molecule has 0 atom stereocenters. The van der Waals surface area contributed by atoms with E-state index in [2.05, 4.69) is 5.10 Å². The monoisotopic (exact) mass is 422 g/mol. The Labute approximate surface area is 178 Å². The molecule has 1 heterocycles. The fourth-order valence-electron chi connectivity index (χ4n) is 3.33. The van der Waals surface area contributed by atoms with Gasteiger partial charge >= 0.3 is 5.97 Å². The molecule has 0 amide bonds. The molecule has 144 valence electrons. The number of halogens is 2. The van der Waals surface area contributed by atoms with Crippen molar-refractivity contribution in [3.8, 4) is 28.1 Å². The SMILES string of the molecule is Cc1cccc(-n2nc(C(=O)O)c(-c3cccc(Cl)c3)c2-c2cccc(Cl)c2)c1. The van der Waals surface area contributed by atoms with E-state index in [1.165, 1.54) is 0 Å². The molecule has 3 aromatic carbocycles. The van der Waals surface area contributed by atoms with Crippen LogP contribution in [0.5, 0.6) is 0 Å². The van der Waals surface area contributed by atoms with Gasteiger partial charge in [-0.2, -0.15) is 5.10 Å². The highest BCUT2D eigenvalue weighted by Crippen LogP contribution is 2.38. The summed E-state index contributed by atoms with van der Waals surface area (Å²) in [6.07, 6.45) is 0. The third-order valence-corrected chi connectivity index (χ3v) is 5.02. The van der Waals surface area contributed by atoms with E-state index in [0.29, 0.717) is 26.9 Å². The summed E-state index contributed by atoms with van der Waals surface area (Å²) in [5, 5.41) is 15.4. The highest BCUT2D eigenvalue weighted by molar-refractivity contribution is 6.31. The molecule has 0 saturated carbocycles. The zero-order chi connectivity index (χ0) is 20.5. The van der Waals surface area contributed by atoms with Crippen molar-refractivity contribution in [3.63, 3.8) is 0 Å². The van der Waals surface area contributed by atoms with Crippen LogP contribution in [0.2, 0.25) is 10.0 Å². The molecule has 29 heavy (non-hydrogen) atoms. The Balaban J connectivity index is 2.12. The van der Waals surface area contributed by atoms with Crippen molar-refractivity contribution in [2.45, 2.75) is 6.92 Å². The fourth-order valence-corrected chi connectivity index (χ4v) is 3.71. The Bertz CT molecular complexity index is 1230. The first-order valence-corrected chi connectivity index (χ1v) is 9.65. The summed E-state index contributed by atoms with van der Waals surface area (Å²) in [4.78, 5) is 12.1. The number of hydrogen-bond donors (Lipinski definition) is 1. The van der Waals surface area contributed by atoms with Crippen LogP contribution < -0.4 is 0 Å². The number of aromatic carboxylic acids is 1. The molecule has 0 aliphatic rings. The molecule has 0 bridgehead atoms. The van der Waals surface area contributed by atoms with Crippen LogP contribution in [-0.4, -0.2) is 20.9 Å². The lowest BCUT2D eigenvalue weighted by atomic mass is 9.98. The third-order valence-electron chi connectivity index (χ3n) is 4.55. The van der Waals surface area contributed by atoms with Gasteiger partial charge in [-0.1, -0.05) is 59.6 Å². The molecule has 0 fully saturated rings. The number of aromatic nitrogens is 2. The number of carboxylic acid groups (broad SMARTS) is 1. The van der Waals surface area contributed by atoms with Gasteiger partial charge in [-0.15, -0.1) is 0 Å². The Hall–Kier alpha value is -3.08. The highest BCUT2D eigenvalue weighted by Gasteiger charge is 2.26. The molecule has 0 aliphatic carbocycles. The van der Waals surface area contributed by atoms with Gasteiger partial charge in [0.25, 0.3) is 0 Å². The Morgan fingerprint density at radius 3 is 2.14 bits per heavy atom. The molecule has 4 aromatic rings. The van der Waals surface area contributed by atoms with Crippen LogP contribution in [0.1, 0.15) is 16.1 Å². The molecule has 4 nitrogen and oxygen atoms in total. The summed E-state index contributed by atoms with van der Waals surface area (Å²) < 4.78 is 1.65. The largest absolute Gasteiger partial charge is 0.476 e. The van der Waals surface area contributed by atoms with Crippen LogP contribution in [0, 0.1) is 6.92 Å². The van der Waals surface area contributed by atoms with E-state index in [4.69, 9.17) is 23.2 Å². The number of nitrogens with zero attached hydrogens (tertiary/aromatic N) is 2. The van der Waals surface area contributed by atoms with Crippen LogP contribution >= 0.6 is 23.2 Å². The molecular weight excluding hydrogens is 407 g/mol. The van der Waals surface area contributed by atoms with Crippen molar-refractivity contribution in [1.29, 1.82) is 0 Å². The molecule has 0 radical (unpaired) electrons. The lowest BCUT2D eigenvalue weighted by molar-refractivity contribution is 0.0691. The molecule has 1 aromatic heterocycles. The lowest BCUT2D eigenvalue weighted by Gasteiger charge is -2.11. The molecular formula is C23H16Cl2N2O2. The van der Waals surface area contributed by atoms with Crippen LogP contribution in [0.15, 0.2) is 72.8 Å². The van der Waals surface area contributed by atoms with Crippen molar-refractivity contribution >= 4 is 29.2 Å². The number of benzene rings is 3. The summed E-state index contributed by atoms with van der Waals surface area (Å²) in [5.74, 6) is -1.12. The lowest BCUT2D eigenvalue weighted by Crippen LogP contribution is -2.02. The Morgan fingerprint density at radius 2 is 1.52 bits per heavy atom. The van der Waals surface area contributed by atoms with Gasteiger partial charge < -0.3 is 5.11 Å². The summed E-state index contributed by atoms with van der Waals surface area (Å²) in [6.45, 7) is 1.97. The number of aryl methyl sites for hydroxylation is 1. The maximum atomic E-state index is 12.1. The summed E-state index contributed by atoms with van der Waals surface area (Å²) in [5.41, 5.74) is 4.30. The fraction of sp³-hybridized carbons (Fsp3) is 0.0435. The molecule has 1 N–H and O–H groups in total. The Morgan fingerprint density at radius 1 is 0.897 bits per heavy atom. The van der Waals surface area contributed by atoms with E-state index in [9.17, 15) is 9.90 Å². The highest BCUT2D eigenvalue weighted by atomic mass is 35.5. The summed E-state index contributed by atoms with van der Waals surface area (Å²) in [7, 11) is 0. The van der Waals surface area contributed by atoms with E-state index < -0.39 is 5.97 Å². The van der Waals surface area contributed by atoms with E-state index in [0.717, 1.165) is 16.8 Å². The molecule has 4 rings (SSSR count).